The molecule has 0 saturated carbocycles. The highest BCUT2D eigenvalue weighted by Crippen LogP contribution is 2.26. The van der Waals surface area contributed by atoms with Crippen molar-refractivity contribution < 1.29 is 4.74 Å². The molecule has 1 atom stereocenters. The Morgan fingerprint density at radius 3 is 2.69 bits per heavy atom. The van der Waals surface area contributed by atoms with E-state index in [1.807, 2.05) is 6.07 Å². The first-order valence-electron chi connectivity index (χ1n) is 5.70. The average Bonchev–Trinajstić information content (AvgIpc) is 2.27. The van der Waals surface area contributed by atoms with Gasteiger partial charge in [0.2, 0.25) is 0 Å². The number of aryl methyl sites for hydroxylation is 1. The number of rotatable bonds is 6. The zero-order valence-corrected chi connectivity index (χ0v) is 11.6. The van der Waals surface area contributed by atoms with Crippen molar-refractivity contribution in [2.24, 2.45) is 11.7 Å². The average molecular weight is 286 g/mol. The molecule has 0 aliphatic rings. The predicted octanol–water partition coefficient (Wildman–Crippen LogP) is 3.38. The summed E-state index contributed by atoms with van der Waals surface area (Å²) in [5.74, 6) is 1.59. The van der Waals surface area contributed by atoms with E-state index in [0.717, 1.165) is 29.6 Å². The van der Waals surface area contributed by atoms with E-state index in [-0.39, 0.29) is 0 Å². The maximum atomic E-state index is 5.54. The minimum Gasteiger partial charge on any atom is -0.496 e. The molecule has 16 heavy (non-hydrogen) atoms. The number of hydrogen-bond acceptors (Lipinski definition) is 2. The van der Waals surface area contributed by atoms with Gasteiger partial charge in [0.1, 0.15) is 5.75 Å². The van der Waals surface area contributed by atoms with Crippen LogP contribution in [0.25, 0.3) is 0 Å². The van der Waals surface area contributed by atoms with Crippen LogP contribution >= 0.6 is 15.9 Å². The van der Waals surface area contributed by atoms with E-state index in [9.17, 15) is 0 Å². The van der Waals surface area contributed by atoms with Crippen molar-refractivity contribution in [1.82, 2.24) is 0 Å². The van der Waals surface area contributed by atoms with Crippen molar-refractivity contribution in [2.45, 2.75) is 26.2 Å². The molecule has 2 N–H and O–H groups in total. The predicted molar refractivity (Wildman–Crippen MR) is 71.9 cm³/mol. The number of hydrogen-bond donors (Lipinski definition) is 1. The minimum absolute atomic E-state index is 0.700. The van der Waals surface area contributed by atoms with Gasteiger partial charge in [-0.25, -0.2) is 0 Å². The molecule has 0 aliphatic carbocycles. The van der Waals surface area contributed by atoms with Crippen LogP contribution in [0, 0.1) is 5.92 Å². The zero-order valence-electron chi connectivity index (χ0n) is 10.0. The molecule has 3 heteroatoms. The minimum atomic E-state index is 0.700. The van der Waals surface area contributed by atoms with E-state index in [1.165, 1.54) is 12.0 Å². The van der Waals surface area contributed by atoms with E-state index in [1.54, 1.807) is 7.11 Å². The van der Waals surface area contributed by atoms with Crippen LogP contribution in [0.4, 0.5) is 0 Å². The van der Waals surface area contributed by atoms with Crippen LogP contribution in [0.3, 0.4) is 0 Å². The van der Waals surface area contributed by atoms with Crippen molar-refractivity contribution in [1.29, 1.82) is 0 Å². The summed E-state index contributed by atoms with van der Waals surface area (Å²) >= 11 is 3.50. The molecule has 90 valence electrons. The van der Waals surface area contributed by atoms with Crippen molar-refractivity contribution in [3.8, 4) is 5.75 Å². The van der Waals surface area contributed by atoms with Gasteiger partial charge < -0.3 is 10.5 Å². The first kappa shape index (κ1) is 13.5. The Balaban J connectivity index is 2.51. The van der Waals surface area contributed by atoms with Crippen molar-refractivity contribution in [2.75, 3.05) is 13.7 Å². The van der Waals surface area contributed by atoms with Crippen LogP contribution in [0.2, 0.25) is 0 Å². The van der Waals surface area contributed by atoms with Gasteiger partial charge in [0.05, 0.1) is 11.6 Å². The van der Waals surface area contributed by atoms with Crippen molar-refractivity contribution in [3.05, 3.63) is 28.2 Å². The number of nitrogens with two attached hydrogens (primary N) is 1. The van der Waals surface area contributed by atoms with Crippen LogP contribution in [0.15, 0.2) is 22.7 Å². The molecule has 0 heterocycles. The zero-order chi connectivity index (χ0) is 12.0. The maximum Gasteiger partial charge on any atom is 0.133 e. The highest BCUT2D eigenvalue weighted by atomic mass is 79.9. The van der Waals surface area contributed by atoms with E-state index in [4.69, 9.17) is 10.5 Å². The molecule has 0 spiro atoms. The first-order chi connectivity index (χ1) is 7.67. The summed E-state index contributed by atoms with van der Waals surface area (Å²) < 4.78 is 6.23. The van der Waals surface area contributed by atoms with Gasteiger partial charge in [0.15, 0.2) is 0 Å². The lowest BCUT2D eigenvalue weighted by Crippen LogP contribution is -2.06. The molecule has 0 amide bonds. The fraction of sp³-hybridized carbons (Fsp3) is 0.538. The summed E-state index contributed by atoms with van der Waals surface area (Å²) in [6.07, 6.45) is 3.40. The lowest BCUT2D eigenvalue weighted by atomic mass is 9.98. The normalized spacial score (nSPS) is 12.5. The molecular formula is C13H20BrNO. The molecule has 0 radical (unpaired) electrons. The molecule has 1 rings (SSSR count). The van der Waals surface area contributed by atoms with Crippen LogP contribution < -0.4 is 10.5 Å². The van der Waals surface area contributed by atoms with Crippen LogP contribution in [-0.2, 0) is 6.42 Å². The van der Waals surface area contributed by atoms with Gasteiger partial charge in [-0.2, -0.15) is 0 Å². The molecule has 0 fully saturated rings. The SMILES string of the molecule is COc1ccc(CCC(C)CCN)cc1Br. The lowest BCUT2D eigenvalue weighted by molar-refractivity contribution is 0.412. The van der Waals surface area contributed by atoms with Gasteiger partial charge in [0, 0.05) is 0 Å². The molecule has 0 aromatic heterocycles. The third-order valence-electron chi connectivity index (χ3n) is 2.80. The standard InChI is InChI=1S/C13H20BrNO/c1-10(7-8-15)3-4-11-5-6-13(16-2)12(14)9-11/h5-6,9-10H,3-4,7-8,15H2,1-2H3. The van der Waals surface area contributed by atoms with Gasteiger partial charge in [-0.15, -0.1) is 0 Å². The monoisotopic (exact) mass is 285 g/mol. The molecule has 1 aromatic carbocycles. The van der Waals surface area contributed by atoms with Crippen LogP contribution in [-0.4, -0.2) is 13.7 Å². The van der Waals surface area contributed by atoms with E-state index >= 15 is 0 Å². The Bertz CT molecular complexity index is 328. The third kappa shape index (κ3) is 4.14. The second-order valence-corrected chi connectivity index (χ2v) is 5.04. The Labute approximate surface area is 106 Å². The highest BCUT2D eigenvalue weighted by molar-refractivity contribution is 9.10. The van der Waals surface area contributed by atoms with Crippen molar-refractivity contribution >= 4 is 15.9 Å². The Morgan fingerprint density at radius 2 is 2.12 bits per heavy atom. The summed E-state index contributed by atoms with van der Waals surface area (Å²) in [6, 6.07) is 6.26. The molecule has 1 unspecified atom stereocenters. The first-order valence-corrected chi connectivity index (χ1v) is 6.49. The fourth-order valence-corrected chi connectivity index (χ4v) is 2.30. The van der Waals surface area contributed by atoms with Gasteiger partial charge >= 0.3 is 0 Å². The number of methoxy groups -OCH3 is 1. The molecular weight excluding hydrogens is 266 g/mol. The second kappa shape index (κ2) is 6.92. The van der Waals surface area contributed by atoms with Crippen LogP contribution in [0.1, 0.15) is 25.3 Å². The Hall–Kier alpha value is -0.540. The summed E-state index contributed by atoms with van der Waals surface area (Å²) in [6.45, 7) is 3.04. The second-order valence-electron chi connectivity index (χ2n) is 4.19. The molecule has 0 bridgehead atoms. The van der Waals surface area contributed by atoms with E-state index in [0.29, 0.717) is 5.92 Å². The van der Waals surface area contributed by atoms with Crippen molar-refractivity contribution in [3.63, 3.8) is 0 Å². The quantitative estimate of drug-likeness (QED) is 0.870. The lowest BCUT2D eigenvalue weighted by Gasteiger charge is -2.10. The third-order valence-corrected chi connectivity index (χ3v) is 3.42. The summed E-state index contributed by atoms with van der Waals surface area (Å²) in [7, 11) is 1.68. The molecule has 1 aromatic rings. The van der Waals surface area contributed by atoms with Gasteiger partial charge in [-0.05, 0) is 65.4 Å². The number of halogens is 1. The maximum absolute atomic E-state index is 5.54. The summed E-state index contributed by atoms with van der Waals surface area (Å²) in [5.41, 5.74) is 6.88. The smallest absolute Gasteiger partial charge is 0.133 e. The fourth-order valence-electron chi connectivity index (χ4n) is 1.71. The number of ether oxygens (including phenoxy) is 1. The molecule has 2 nitrogen and oxygen atoms in total. The van der Waals surface area contributed by atoms with Crippen LogP contribution in [0.5, 0.6) is 5.75 Å². The number of benzene rings is 1. The van der Waals surface area contributed by atoms with Gasteiger partial charge in [-0.3, -0.25) is 0 Å². The topological polar surface area (TPSA) is 35.2 Å². The molecule has 0 saturated heterocycles. The summed E-state index contributed by atoms with van der Waals surface area (Å²) in [5, 5.41) is 0. The molecule has 0 aliphatic heterocycles. The largest absolute Gasteiger partial charge is 0.496 e. The Morgan fingerprint density at radius 1 is 1.38 bits per heavy atom. The van der Waals surface area contributed by atoms with E-state index in [2.05, 4.69) is 35.0 Å². The van der Waals surface area contributed by atoms with E-state index < -0.39 is 0 Å². The van der Waals surface area contributed by atoms with Gasteiger partial charge in [-0.1, -0.05) is 13.0 Å². The Kier molecular flexibility index (Phi) is 5.85. The summed E-state index contributed by atoms with van der Waals surface area (Å²) in [4.78, 5) is 0. The highest BCUT2D eigenvalue weighted by Gasteiger charge is 2.04. The van der Waals surface area contributed by atoms with Gasteiger partial charge in [0.25, 0.3) is 0 Å².